The highest BCUT2D eigenvalue weighted by Gasteiger charge is 2.32. The maximum Gasteiger partial charge on any atom is 0.352 e. The minimum Gasteiger partial charge on any atom is -0.477 e. The molecule has 8 nitrogen and oxygen atoms in total. The van der Waals surface area contributed by atoms with Crippen LogP contribution in [0.3, 0.4) is 0 Å². The number of carboxylic acids is 1. The number of rotatable bonds is 3. The van der Waals surface area contributed by atoms with E-state index in [1.54, 1.807) is 0 Å². The molecule has 0 aliphatic carbocycles. The van der Waals surface area contributed by atoms with Crippen LogP contribution in [0.5, 0.6) is 0 Å². The van der Waals surface area contributed by atoms with Crippen molar-refractivity contribution in [3.8, 4) is 0 Å². The van der Waals surface area contributed by atoms with Crippen molar-refractivity contribution in [1.82, 2.24) is 9.29 Å². The van der Waals surface area contributed by atoms with Crippen LogP contribution in [0.2, 0.25) is 0 Å². The fourth-order valence-corrected chi connectivity index (χ4v) is 4.60. The summed E-state index contributed by atoms with van der Waals surface area (Å²) in [6.07, 6.45) is 1.09. The van der Waals surface area contributed by atoms with Gasteiger partial charge in [0, 0.05) is 19.3 Å². The summed E-state index contributed by atoms with van der Waals surface area (Å²) in [6, 6.07) is 1.01. The minimum atomic E-state index is -3.85. The smallest absolute Gasteiger partial charge is 0.352 e. The molecule has 0 unspecified atom stereocenters. The van der Waals surface area contributed by atoms with Crippen LogP contribution in [0.25, 0.3) is 0 Å². The zero-order valence-electron chi connectivity index (χ0n) is 9.74. The first kappa shape index (κ1) is 14.0. The van der Waals surface area contributed by atoms with Gasteiger partial charge < -0.3 is 10.1 Å². The number of carboxylic acid groups (broad SMARTS) is 1. The van der Waals surface area contributed by atoms with E-state index in [9.17, 15) is 21.6 Å². The second-order valence-corrected chi connectivity index (χ2v) is 8.35. The first-order valence-electron chi connectivity index (χ1n) is 5.35. The first-order valence-corrected chi connectivity index (χ1v) is 8.61. The van der Waals surface area contributed by atoms with Gasteiger partial charge in [-0.15, -0.1) is 0 Å². The predicted molar refractivity (Wildman–Crippen MR) is 65.2 cm³/mol. The number of hydrogen-bond acceptors (Lipinski definition) is 5. The van der Waals surface area contributed by atoms with Crippen LogP contribution in [0.15, 0.2) is 17.2 Å². The Bertz CT molecular complexity index is 689. The molecule has 1 aliphatic heterocycles. The van der Waals surface area contributed by atoms with Crippen molar-refractivity contribution in [2.24, 2.45) is 0 Å². The van der Waals surface area contributed by atoms with E-state index in [-0.39, 0.29) is 35.2 Å². The Morgan fingerprint density at radius 2 is 1.89 bits per heavy atom. The Labute approximate surface area is 110 Å². The Morgan fingerprint density at radius 1 is 1.32 bits per heavy atom. The summed E-state index contributed by atoms with van der Waals surface area (Å²) in [5.41, 5.74) is -0.233. The molecule has 1 aromatic rings. The number of carbonyl (C=O) groups is 1. The highest BCUT2D eigenvalue weighted by Crippen LogP contribution is 2.19. The maximum atomic E-state index is 12.2. The molecule has 2 N–H and O–H groups in total. The van der Waals surface area contributed by atoms with Gasteiger partial charge in [0.2, 0.25) is 10.0 Å². The summed E-state index contributed by atoms with van der Waals surface area (Å²) < 4.78 is 47.8. The van der Waals surface area contributed by atoms with E-state index in [4.69, 9.17) is 5.11 Å². The van der Waals surface area contributed by atoms with Gasteiger partial charge in [-0.25, -0.2) is 21.6 Å². The van der Waals surface area contributed by atoms with Crippen molar-refractivity contribution in [3.05, 3.63) is 18.0 Å². The number of aromatic amines is 1. The van der Waals surface area contributed by atoms with Crippen LogP contribution in [0, 0.1) is 0 Å². The number of nitrogens with one attached hydrogen (secondary N) is 1. The minimum absolute atomic E-state index is 0.113. The molecular formula is C9H12N2O6S2. The van der Waals surface area contributed by atoms with Gasteiger partial charge in [0.15, 0.2) is 9.84 Å². The third-order valence-electron chi connectivity index (χ3n) is 2.83. The summed E-state index contributed by atoms with van der Waals surface area (Å²) in [4.78, 5) is 12.9. The molecule has 0 atom stereocenters. The molecule has 0 bridgehead atoms. The lowest BCUT2D eigenvalue weighted by atomic mass is 10.4. The number of H-pyrrole nitrogens is 1. The fourth-order valence-electron chi connectivity index (χ4n) is 1.73. The maximum absolute atomic E-state index is 12.2. The third-order valence-corrected chi connectivity index (χ3v) is 6.31. The lowest BCUT2D eigenvalue weighted by molar-refractivity contribution is 0.0691. The number of hydrogen-bond donors (Lipinski definition) is 2. The summed E-state index contributed by atoms with van der Waals surface area (Å²) >= 11 is 0. The molecule has 2 rings (SSSR count). The number of aromatic carboxylic acids is 1. The number of nitrogens with zero attached hydrogens (tertiary/aromatic N) is 1. The van der Waals surface area contributed by atoms with E-state index in [2.05, 4.69) is 4.98 Å². The molecule has 1 fully saturated rings. The summed E-state index contributed by atoms with van der Waals surface area (Å²) in [6.45, 7) is -0.226. The molecule has 1 aliphatic rings. The monoisotopic (exact) mass is 308 g/mol. The lowest BCUT2D eigenvalue weighted by Crippen LogP contribution is -2.43. The van der Waals surface area contributed by atoms with E-state index in [0.29, 0.717) is 0 Å². The number of sulfone groups is 1. The molecule has 0 aromatic carbocycles. The van der Waals surface area contributed by atoms with Gasteiger partial charge in [-0.05, 0) is 6.07 Å². The average Bonchev–Trinajstić information content (AvgIpc) is 2.78. The van der Waals surface area contributed by atoms with Crippen LogP contribution in [0.4, 0.5) is 0 Å². The van der Waals surface area contributed by atoms with Crippen molar-refractivity contribution < 1.29 is 26.7 Å². The van der Waals surface area contributed by atoms with Crippen LogP contribution in [0.1, 0.15) is 10.5 Å². The quantitative estimate of drug-likeness (QED) is 0.748. The summed E-state index contributed by atoms with van der Waals surface area (Å²) in [5.74, 6) is -1.70. The number of aromatic nitrogens is 1. The molecule has 2 heterocycles. The molecule has 10 heteroatoms. The average molecular weight is 308 g/mol. The van der Waals surface area contributed by atoms with Crippen molar-refractivity contribution in [2.75, 3.05) is 24.6 Å². The Hall–Kier alpha value is -1.39. The molecule has 0 spiro atoms. The first-order chi connectivity index (χ1) is 8.72. The fraction of sp³-hybridized carbons (Fsp3) is 0.444. The number of sulfonamides is 1. The zero-order valence-corrected chi connectivity index (χ0v) is 11.4. The van der Waals surface area contributed by atoms with Gasteiger partial charge in [0.25, 0.3) is 0 Å². The normalized spacial score (nSPS) is 20.2. The van der Waals surface area contributed by atoms with Gasteiger partial charge in [0.1, 0.15) is 10.6 Å². The topological polar surface area (TPSA) is 125 Å². The standard InChI is InChI=1S/C9H12N2O6S2/c12-9(13)8-5-7(6-10-8)19(16,17)11-1-3-18(14,15)4-2-11/h5-6,10H,1-4H2,(H,12,13). The van der Waals surface area contributed by atoms with E-state index in [0.717, 1.165) is 16.6 Å². The van der Waals surface area contributed by atoms with Crippen LogP contribution < -0.4 is 0 Å². The van der Waals surface area contributed by atoms with Gasteiger partial charge >= 0.3 is 5.97 Å². The van der Waals surface area contributed by atoms with E-state index < -0.39 is 25.8 Å². The highest BCUT2D eigenvalue weighted by molar-refractivity contribution is 7.92. The van der Waals surface area contributed by atoms with Crippen molar-refractivity contribution in [3.63, 3.8) is 0 Å². The van der Waals surface area contributed by atoms with Crippen LogP contribution >= 0.6 is 0 Å². The largest absolute Gasteiger partial charge is 0.477 e. The SMILES string of the molecule is O=C(O)c1cc(S(=O)(=O)N2CCS(=O)(=O)CC2)c[nH]1. The summed E-state index contributed by atoms with van der Waals surface area (Å²) in [5, 5.41) is 8.72. The van der Waals surface area contributed by atoms with Gasteiger partial charge in [0.05, 0.1) is 11.5 Å². The lowest BCUT2D eigenvalue weighted by Gasteiger charge is -2.25. The Morgan fingerprint density at radius 3 is 2.37 bits per heavy atom. The molecular weight excluding hydrogens is 296 g/mol. The van der Waals surface area contributed by atoms with E-state index in [1.807, 2.05) is 0 Å². The Kier molecular flexibility index (Phi) is 3.41. The second kappa shape index (κ2) is 4.62. The van der Waals surface area contributed by atoms with Gasteiger partial charge in [-0.2, -0.15) is 4.31 Å². The molecule has 19 heavy (non-hydrogen) atoms. The molecule has 1 aromatic heterocycles. The zero-order chi connectivity index (χ0) is 14.3. The van der Waals surface area contributed by atoms with Crippen molar-refractivity contribution in [2.45, 2.75) is 4.90 Å². The predicted octanol–water partition coefficient (Wildman–Crippen LogP) is -0.868. The molecule has 106 valence electrons. The second-order valence-electron chi connectivity index (χ2n) is 4.11. The molecule has 0 radical (unpaired) electrons. The Balaban J connectivity index is 2.25. The van der Waals surface area contributed by atoms with Crippen LogP contribution in [-0.2, 0) is 19.9 Å². The van der Waals surface area contributed by atoms with Crippen LogP contribution in [-0.4, -0.2) is 61.8 Å². The van der Waals surface area contributed by atoms with Crippen molar-refractivity contribution in [1.29, 1.82) is 0 Å². The van der Waals surface area contributed by atoms with Crippen molar-refractivity contribution >= 4 is 25.8 Å². The third kappa shape index (κ3) is 2.80. The van der Waals surface area contributed by atoms with Gasteiger partial charge in [-0.3, -0.25) is 0 Å². The molecule has 0 saturated carbocycles. The van der Waals surface area contributed by atoms with E-state index >= 15 is 0 Å². The van der Waals surface area contributed by atoms with Gasteiger partial charge in [-0.1, -0.05) is 0 Å². The molecule has 1 saturated heterocycles. The highest BCUT2D eigenvalue weighted by atomic mass is 32.2. The molecule has 0 amide bonds. The van der Waals surface area contributed by atoms with E-state index in [1.165, 1.54) is 0 Å². The summed E-state index contributed by atoms with van der Waals surface area (Å²) in [7, 11) is -7.03.